The van der Waals surface area contributed by atoms with E-state index >= 15 is 0 Å². The van der Waals surface area contributed by atoms with Crippen molar-refractivity contribution in [2.45, 2.75) is 25.6 Å². The summed E-state index contributed by atoms with van der Waals surface area (Å²) in [6.07, 6.45) is 1.17. The summed E-state index contributed by atoms with van der Waals surface area (Å²) in [5.74, 6) is 0.795. The minimum atomic E-state index is -0.593. The number of rotatable bonds is 10. The highest BCUT2D eigenvalue weighted by atomic mass is 16.5. The van der Waals surface area contributed by atoms with E-state index in [4.69, 9.17) is 14.2 Å². The number of aliphatic hydroxyl groups is 1. The van der Waals surface area contributed by atoms with Crippen molar-refractivity contribution in [2.75, 3.05) is 26.9 Å². The lowest BCUT2D eigenvalue weighted by atomic mass is 10.1. The summed E-state index contributed by atoms with van der Waals surface area (Å²) in [5, 5.41) is 9.63. The zero-order valence-electron chi connectivity index (χ0n) is 12.2. The fraction of sp³-hybridized carbons (Fsp3) is 0.500. The van der Waals surface area contributed by atoms with E-state index in [1.807, 2.05) is 31.2 Å². The molecular weight excluding hydrogens is 256 g/mol. The lowest BCUT2D eigenvalue weighted by Gasteiger charge is -2.20. The van der Waals surface area contributed by atoms with Crippen LogP contribution in [-0.2, 0) is 9.47 Å². The number of hydrogen-bond acceptors (Lipinski definition) is 4. The average Bonchev–Trinajstić information content (AvgIpc) is 2.46. The highest BCUT2D eigenvalue weighted by Gasteiger charge is 2.14. The van der Waals surface area contributed by atoms with Gasteiger partial charge in [-0.1, -0.05) is 23.8 Å². The number of aryl methyl sites for hydroxylation is 1. The Balaban J connectivity index is 2.45. The Bertz CT molecular complexity index is 375. The first-order chi connectivity index (χ1) is 9.65. The molecule has 1 rings (SSSR count). The molecule has 0 saturated heterocycles. The maximum atomic E-state index is 9.63. The largest absolute Gasteiger partial charge is 0.491 e. The third kappa shape index (κ3) is 6.70. The molecule has 4 nitrogen and oxygen atoms in total. The van der Waals surface area contributed by atoms with Crippen molar-refractivity contribution in [3.05, 3.63) is 42.5 Å². The van der Waals surface area contributed by atoms with Gasteiger partial charge in [-0.25, -0.2) is 0 Å². The van der Waals surface area contributed by atoms with Gasteiger partial charge in [0.05, 0.1) is 25.4 Å². The van der Waals surface area contributed by atoms with Gasteiger partial charge in [-0.15, -0.1) is 6.58 Å². The fourth-order valence-electron chi connectivity index (χ4n) is 1.67. The van der Waals surface area contributed by atoms with Crippen LogP contribution in [0, 0.1) is 6.92 Å². The van der Waals surface area contributed by atoms with E-state index in [0.29, 0.717) is 26.2 Å². The van der Waals surface area contributed by atoms with Crippen molar-refractivity contribution >= 4 is 0 Å². The first-order valence-electron chi connectivity index (χ1n) is 6.76. The predicted octanol–water partition coefficient (Wildman–Crippen LogP) is 2.34. The third-order valence-electron chi connectivity index (χ3n) is 2.87. The molecule has 20 heavy (non-hydrogen) atoms. The standard InChI is InChI=1S/C16H24O4/c1-4-14(17)11-16(19-10-9-18-3)12-20-15-7-5-13(2)6-8-15/h4-8,14,16-17H,1,9-12H2,2-3H3. The van der Waals surface area contributed by atoms with Gasteiger partial charge in [0.25, 0.3) is 0 Å². The van der Waals surface area contributed by atoms with Crippen molar-refractivity contribution in [3.8, 4) is 5.75 Å². The Kier molecular flexibility index (Phi) is 7.95. The van der Waals surface area contributed by atoms with Crippen LogP contribution in [0.3, 0.4) is 0 Å². The maximum Gasteiger partial charge on any atom is 0.119 e. The minimum Gasteiger partial charge on any atom is -0.491 e. The summed E-state index contributed by atoms with van der Waals surface area (Å²) in [7, 11) is 1.62. The molecule has 2 atom stereocenters. The highest BCUT2D eigenvalue weighted by molar-refractivity contribution is 5.26. The van der Waals surface area contributed by atoms with Crippen LogP contribution in [0.4, 0.5) is 0 Å². The summed E-state index contributed by atoms with van der Waals surface area (Å²) in [6.45, 7) is 6.98. The molecule has 1 N–H and O–H groups in total. The maximum absolute atomic E-state index is 9.63. The smallest absolute Gasteiger partial charge is 0.119 e. The van der Waals surface area contributed by atoms with Crippen LogP contribution in [-0.4, -0.2) is 44.2 Å². The molecule has 0 aromatic heterocycles. The van der Waals surface area contributed by atoms with Crippen molar-refractivity contribution in [1.29, 1.82) is 0 Å². The van der Waals surface area contributed by atoms with E-state index in [2.05, 4.69) is 6.58 Å². The molecule has 0 aliphatic carbocycles. The molecule has 1 aromatic rings. The van der Waals surface area contributed by atoms with Crippen molar-refractivity contribution in [3.63, 3.8) is 0 Å². The van der Waals surface area contributed by atoms with E-state index in [9.17, 15) is 5.11 Å². The van der Waals surface area contributed by atoms with Gasteiger partial charge in [-0.3, -0.25) is 0 Å². The van der Waals surface area contributed by atoms with Crippen LogP contribution in [0.25, 0.3) is 0 Å². The van der Waals surface area contributed by atoms with Gasteiger partial charge in [0, 0.05) is 13.5 Å². The van der Waals surface area contributed by atoms with Gasteiger partial charge >= 0.3 is 0 Å². The van der Waals surface area contributed by atoms with Crippen LogP contribution >= 0.6 is 0 Å². The number of ether oxygens (including phenoxy) is 3. The molecule has 0 bridgehead atoms. The Morgan fingerprint density at radius 2 is 1.95 bits per heavy atom. The second-order valence-corrected chi connectivity index (χ2v) is 4.65. The van der Waals surface area contributed by atoms with E-state index in [1.165, 1.54) is 11.6 Å². The molecule has 0 saturated carbocycles. The Labute approximate surface area is 121 Å². The van der Waals surface area contributed by atoms with E-state index in [1.54, 1.807) is 7.11 Å². The van der Waals surface area contributed by atoms with Crippen molar-refractivity contribution in [1.82, 2.24) is 0 Å². The molecule has 0 aliphatic heterocycles. The molecule has 0 radical (unpaired) electrons. The van der Waals surface area contributed by atoms with Crippen LogP contribution in [0.5, 0.6) is 5.75 Å². The van der Waals surface area contributed by atoms with Gasteiger partial charge in [0.2, 0.25) is 0 Å². The Hall–Kier alpha value is -1.36. The number of aliphatic hydroxyl groups excluding tert-OH is 1. The number of hydrogen-bond donors (Lipinski definition) is 1. The van der Waals surface area contributed by atoms with Gasteiger partial charge in [-0.2, -0.15) is 0 Å². The van der Waals surface area contributed by atoms with Gasteiger partial charge in [0.15, 0.2) is 0 Å². The molecule has 0 amide bonds. The second kappa shape index (κ2) is 9.53. The first kappa shape index (κ1) is 16.7. The zero-order chi connectivity index (χ0) is 14.8. The van der Waals surface area contributed by atoms with Gasteiger partial charge in [0.1, 0.15) is 12.4 Å². The molecule has 1 aromatic carbocycles. The molecule has 0 heterocycles. The van der Waals surface area contributed by atoms with E-state index < -0.39 is 6.10 Å². The number of benzene rings is 1. The van der Waals surface area contributed by atoms with Gasteiger partial charge in [-0.05, 0) is 19.1 Å². The molecule has 0 fully saturated rings. The SMILES string of the molecule is C=CC(O)CC(COc1ccc(C)cc1)OCCOC. The van der Waals surface area contributed by atoms with Crippen LogP contribution < -0.4 is 4.74 Å². The monoisotopic (exact) mass is 280 g/mol. The van der Waals surface area contributed by atoms with E-state index in [0.717, 1.165) is 5.75 Å². The fourth-order valence-corrected chi connectivity index (χ4v) is 1.67. The summed E-state index contributed by atoms with van der Waals surface area (Å²) in [5.41, 5.74) is 1.19. The summed E-state index contributed by atoms with van der Waals surface area (Å²) in [6, 6.07) is 7.83. The highest BCUT2D eigenvalue weighted by Crippen LogP contribution is 2.13. The van der Waals surface area contributed by atoms with Gasteiger partial charge < -0.3 is 19.3 Å². The molecular formula is C16H24O4. The average molecular weight is 280 g/mol. The lowest BCUT2D eigenvalue weighted by Crippen LogP contribution is -2.27. The Morgan fingerprint density at radius 3 is 2.55 bits per heavy atom. The lowest BCUT2D eigenvalue weighted by molar-refractivity contribution is -0.0232. The predicted molar refractivity (Wildman–Crippen MR) is 79.1 cm³/mol. The van der Waals surface area contributed by atoms with Crippen LogP contribution in [0.2, 0.25) is 0 Å². The Morgan fingerprint density at radius 1 is 1.25 bits per heavy atom. The van der Waals surface area contributed by atoms with Crippen LogP contribution in [0.15, 0.2) is 36.9 Å². The molecule has 0 spiro atoms. The quantitative estimate of drug-likeness (QED) is 0.528. The van der Waals surface area contributed by atoms with Crippen LogP contribution in [0.1, 0.15) is 12.0 Å². The summed E-state index contributed by atoms with van der Waals surface area (Å²) >= 11 is 0. The number of methoxy groups -OCH3 is 1. The zero-order valence-corrected chi connectivity index (χ0v) is 12.2. The molecule has 4 heteroatoms. The van der Waals surface area contributed by atoms with E-state index in [-0.39, 0.29) is 6.10 Å². The summed E-state index contributed by atoms with van der Waals surface area (Å²) in [4.78, 5) is 0. The first-order valence-corrected chi connectivity index (χ1v) is 6.76. The third-order valence-corrected chi connectivity index (χ3v) is 2.87. The second-order valence-electron chi connectivity index (χ2n) is 4.65. The molecule has 112 valence electrons. The topological polar surface area (TPSA) is 47.9 Å². The summed E-state index contributed by atoms with van der Waals surface area (Å²) < 4.78 is 16.3. The minimum absolute atomic E-state index is 0.195. The van der Waals surface area contributed by atoms with Crippen molar-refractivity contribution < 1.29 is 19.3 Å². The molecule has 2 unspecified atom stereocenters. The molecule has 0 aliphatic rings. The normalized spacial score (nSPS) is 13.8. The van der Waals surface area contributed by atoms with Crippen molar-refractivity contribution in [2.24, 2.45) is 0 Å².